The van der Waals surface area contributed by atoms with Gasteiger partial charge in [-0.05, 0) is 49.1 Å². The zero-order chi connectivity index (χ0) is 19.5. The fourth-order valence-electron chi connectivity index (χ4n) is 2.61. The number of rotatable bonds is 8. The third-order valence-electron chi connectivity index (χ3n) is 3.93. The number of carbonyl (C=O) groups is 1. The molecule has 2 rings (SSSR count). The molecular formula is C21H28FIN4O. The zero-order valence-corrected chi connectivity index (χ0v) is 18.6. The van der Waals surface area contributed by atoms with E-state index in [1.165, 1.54) is 18.6 Å². The van der Waals surface area contributed by atoms with Crippen LogP contribution in [0.1, 0.15) is 25.0 Å². The Hall–Kier alpha value is -2.16. The number of hydrogen-bond acceptors (Lipinski definition) is 2. The van der Waals surface area contributed by atoms with Gasteiger partial charge in [-0.25, -0.2) is 4.39 Å². The summed E-state index contributed by atoms with van der Waals surface area (Å²) in [6.07, 6.45) is 1.39. The van der Waals surface area contributed by atoms with Crippen LogP contribution in [0.25, 0.3) is 0 Å². The van der Waals surface area contributed by atoms with Crippen LogP contribution in [-0.4, -0.2) is 31.5 Å². The number of benzene rings is 2. The van der Waals surface area contributed by atoms with Crippen molar-refractivity contribution in [3.05, 3.63) is 65.5 Å². The van der Waals surface area contributed by atoms with Gasteiger partial charge >= 0.3 is 0 Å². The minimum absolute atomic E-state index is 0. The van der Waals surface area contributed by atoms with E-state index in [2.05, 4.69) is 20.9 Å². The Morgan fingerprint density at radius 1 is 1.04 bits per heavy atom. The minimum atomic E-state index is -0.187. The van der Waals surface area contributed by atoms with Gasteiger partial charge in [-0.1, -0.05) is 30.3 Å². The van der Waals surface area contributed by atoms with Crippen molar-refractivity contribution in [1.82, 2.24) is 10.6 Å². The van der Waals surface area contributed by atoms with Crippen molar-refractivity contribution in [3.8, 4) is 0 Å². The van der Waals surface area contributed by atoms with Crippen LogP contribution in [0.3, 0.4) is 0 Å². The molecule has 5 nitrogen and oxygen atoms in total. The van der Waals surface area contributed by atoms with Gasteiger partial charge in [-0.3, -0.25) is 9.79 Å². The molecule has 2 aromatic rings. The summed E-state index contributed by atoms with van der Waals surface area (Å²) in [4.78, 5) is 15.5. The Bertz CT molecular complexity index is 765. The summed E-state index contributed by atoms with van der Waals surface area (Å²) < 4.78 is 13.6. The normalized spacial score (nSPS) is 10.8. The lowest BCUT2D eigenvalue weighted by Crippen LogP contribution is -2.38. The largest absolute Gasteiger partial charge is 0.357 e. The molecule has 3 N–H and O–H groups in total. The molecule has 0 heterocycles. The van der Waals surface area contributed by atoms with Crippen molar-refractivity contribution in [1.29, 1.82) is 0 Å². The van der Waals surface area contributed by atoms with Crippen LogP contribution in [-0.2, 0) is 17.6 Å². The molecule has 0 unspecified atom stereocenters. The lowest BCUT2D eigenvalue weighted by molar-refractivity contribution is -0.114. The number of carbonyl (C=O) groups excluding carboxylic acids is 1. The summed E-state index contributed by atoms with van der Waals surface area (Å²) in [5.74, 6) is 0.461. The Balaban J connectivity index is 0.00000392. The number of nitrogens with one attached hydrogen (secondary N) is 3. The number of nitrogens with zero attached hydrogens (tertiary/aromatic N) is 1. The Morgan fingerprint density at radius 3 is 2.39 bits per heavy atom. The van der Waals surface area contributed by atoms with E-state index in [1.807, 2.05) is 37.3 Å². The average molecular weight is 498 g/mol. The van der Waals surface area contributed by atoms with Crippen molar-refractivity contribution in [2.75, 3.05) is 25.0 Å². The number of amides is 1. The maximum atomic E-state index is 13.6. The molecule has 0 bridgehead atoms. The number of guanidine groups is 1. The summed E-state index contributed by atoms with van der Waals surface area (Å²) in [5.41, 5.74) is 2.64. The number of hydrogen-bond donors (Lipinski definition) is 3. The quantitative estimate of drug-likeness (QED) is 0.295. The molecule has 0 atom stereocenters. The van der Waals surface area contributed by atoms with E-state index >= 15 is 0 Å². The molecule has 0 saturated heterocycles. The molecular weight excluding hydrogens is 470 g/mol. The smallest absolute Gasteiger partial charge is 0.221 e. The van der Waals surface area contributed by atoms with Crippen LogP contribution >= 0.6 is 24.0 Å². The Labute approximate surface area is 183 Å². The second kappa shape index (κ2) is 13.1. The highest BCUT2D eigenvalue weighted by Gasteiger charge is 2.02. The van der Waals surface area contributed by atoms with Gasteiger partial charge in [0.15, 0.2) is 5.96 Å². The number of aliphatic imine (C=N–C) groups is 1. The molecule has 2 aromatic carbocycles. The number of halogens is 2. The van der Waals surface area contributed by atoms with Crippen molar-refractivity contribution >= 4 is 41.5 Å². The van der Waals surface area contributed by atoms with Gasteiger partial charge in [-0.15, -0.1) is 24.0 Å². The van der Waals surface area contributed by atoms with Gasteiger partial charge in [0.1, 0.15) is 5.82 Å². The van der Waals surface area contributed by atoms with E-state index in [1.54, 1.807) is 12.1 Å². The third kappa shape index (κ3) is 8.69. The predicted molar refractivity (Wildman–Crippen MR) is 124 cm³/mol. The fourth-order valence-corrected chi connectivity index (χ4v) is 2.61. The van der Waals surface area contributed by atoms with Crippen LogP contribution in [0.15, 0.2) is 53.5 Å². The monoisotopic (exact) mass is 498 g/mol. The highest BCUT2D eigenvalue weighted by molar-refractivity contribution is 14.0. The third-order valence-corrected chi connectivity index (χ3v) is 3.93. The first-order valence-corrected chi connectivity index (χ1v) is 9.20. The molecule has 1 amide bonds. The van der Waals surface area contributed by atoms with Crippen molar-refractivity contribution in [3.63, 3.8) is 0 Å². The second-order valence-corrected chi connectivity index (χ2v) is 6.16. The van der Waals surface area contributed by atoms with Crippen LogP contribution in [0.2, 0.25) is 0 Å². The van der Waals surface area contributed by atoms with E-state index in [0.29, 0.717) is 18.5 Å². The van der Waals surface area contributed by atoms with Gasteiger partial charge in [0, 0.05) is 32.2 Å². The highest BCUT2D eigenvalue weighted by Crippen LogP contribution is 2.10. The molecule has 0 saturated carbocycles. The van der Waals surface area contributed by atoms with Crippen LogP contribution in [0.4, 0.5) is 10.1 Å². The van der Waals surface area contributed by atoms with Gasteiger partial charge in [0.25, 0.3) is 0 Å². The molecule has 152 valence electrons. The van der Waals surface area contributed by atoms with Gasteiger partial charge in [-0.2, -0.15) is 0 Å². The van der Waals surface area contributed by atoms with E-state index in [4.69, 9.17) is 0 Å². The van der Waals surface area contributed by atoms with Crippen molar-refractivity contribution in [2.45, 2.75) is 26.7 Å². The SMILES string of the molecule is CCNC(=NCCc1ccccc1F)NCCc1ccc(NC(C)=O)cc1.I. The molecule has 0 aromatic heterocycles. The van der Waals surface area contributed by atoms with Crippen LogP contribution in [0, 0.1) is 5.82 Å². The molecule has 28 heavy (non-hydrogen) atoms. The van der Waals surface area contributed by atoms with E-state index < -0.39 is 0 Å². The highest BCUT2D eigenvalue weighted by atomic mass is 127. The molecule has 0 spiro atoms. The molecule has 0 aliphatic carbocycles. The summed E-state index contributed by atoms with van der Waals surface area (Å²) >= 11 is 0. The lowest BCUT2D eigenvalue weighted by atomic mass is 10.1. The first-order valence-electron chi connectivity index (χ1n) is 9.20. The van der Waals surface area contributed by atoms with Crippen molar-refractivity contribution in [2.24, 2.45) is 4.99 Å². The topological polar surface area (TPSA) is 65.5 Å². The molecule has 0 aliphatic rings. The van der Waals surface area contributed by atoms with Crippen LogP contribution in [0.5, 0.6) is 0 Å². The summed E-state index contributed by atoms with van der Waals surface area (Å²) in [6.45, 7) is 5.50. The summed E-state index contributed by atoms with van der Waals surface area (Å²) in [7, 11) is 0. The summed E-state index contributed by atoms with van der Waals surface area (Å²) in [6, 6.07) is 14.6. The maximum Gasteiger partial charge on any atom is 0.221 e. The lowest BCUT2D eigenvalue weighted by Gasteiger charge is -2.12. The van der Waals surface area contributed by atoms with Gasteiger partial charge in [0.05, 0.1) is 0 Å². The average Bonchev–Trinajstić information content (AvgIpc) is 2.64. The van der Waals surface area contributed by atoms with Crippen molar-refractivity contribution < 1.29 is 9.18 Å². The van der Waals surface area contributed by atoms with E-state index in [0.717, 1.165) is 31.2 Å². The Morgan fingerprint density at radius 2 is 1.75 bits per heavy atom. The first kappa shape index (κ1) is 23.9. The zero-order valence-electron chi connectivity index (χ0n) is 16.3. The van der Waals surface area contributed by atoms with E-state index in [9.17, 15) is 9.18 Å². The van der Waals surface area contributed by atoms with Gasteiger partial charge in [0.2, 0.25) is 5.91 Å². The second-order valence-electron chi connectivity index (χ2n) is 6.16. The number of anilines is 1. The molecule has 0 radical (unpaired) electrons. The first-order chi connectivity index (χ1) is 13.1. The fraction of sp³-hybridized carbons (Fsp3) is 0.333. The predicted octanol–water partition coefficient (Wildman–Crippen LogP) is 3.74. The van der Waals surface area contributed by atoms with Crippen LogP contribution < -0.4 is 16.0 Å². The summed E-state index contributed by atoms with van der Waals surface area (Å²) in [5, 5.41) is 9.24. The Kier molecular flexibility index (Phi) is 11.2. The molecule has 0 fully saturated rings. The molecule has 0 aliphatic heterocycles. The molecule has 7 heteroatoms. The van der Waals surface area contributed by atoms with E-state index in [-0.39, 0.29) is 35.7 Å². The standard InChI is InChI=1S/C21H27FN4O.HI/c1-3-23-21(25-15-13-18-6-4-5-7-20(18)22)24-14-12-17-8-10-19(11-9-17)26-16(2)27;/h4-11H,3,12-15H2,1-2H3,(H,26,27)(H2,23,24,25);1H. The van der Waals surface area contributed by atoms with Gasteiger partial charge < -0.3 is 16.0 Å². The minimum Gasteiger partial charge on any atom is -0.357 e. The maximum absolute atomic E-state index is 13.6.